The minimum atomic E-state index is -3.19. The number of ether oxygens (including phenoxy) is 2. The molecule has 20 heavy (non-hydrogen) atoms. The van der Waals surface area contributed by atoms with Gasteiger partial charge in [-0.1, -0.05) is 0 Å². The first-order valence-electron chi connectivity index (χ1n) is 5.39. The van der Waals surface area contributed by atoms with Crippen molar-refractivity contribution in [2.45, 2.75) is 26.2 Å². The van der Waals surface area contributed by atoms with E-state index in [1.165, 1.54) is 6.92 Å². The molecule has 0 aliphatic rings. The smallest absolute Gasteiger partial charge is 0.387 e. The molecule has 0 aliphatic heterocycles. The zero-order chi connectivity index (χ0) is 15.3. The highest BCUT2D eigenvalue weighted by molar-refractivity contribution is 5.95. The number of nitrogens with two attached hydrogens (primary N) is 1. The van der Waals surface area contributed by atoms with E-state index < -0.39 is 30.9 Å². The van der Waals surface area contributed by atoms with Gasteiger partial charge >= 0.3 is 13.2 Å². The first kappa shape index (κ1) is 16.0. The van der Waals surface area contributed by atoms with Gasteiger partial charge in [0.05, 0.1) is 11.7 Å². The van der Waals surface area contributed by atoms with Gasteiger partial charge in [0.2, 0.25) is 5.91 Å². The molecule has 1 aromatic rings. The van der Waals surface area contributed by atoms with Crippen molar-refractivity contribution in [3.63, 3.8) is 0 Å². The molecular weight excluding hydrogens is 284 g/mol. The average Bonchev–Trinajstić information content (AvgIpc) is 2.30. The molecule has 9 heteroatoms. The Kier molecular flexibility index (Phi) is 5.56. The zero-order valence-electron chi connectivity index (χ0n) is 10.3. The fraction of sp³-hybridized carbons (Fsp3) is 0.364. The molecule has 1 rings (SSSR count). The normalized spacial score (nSPS) is 12.4. The number of carbonyl (C=O) groups is 1. The van der Waals surface area contributed by atoms with Crippen molar-refractivity contribution in [1.82, 2.24) is 0 Å². The number of nitrogens with one attached hydrogen (secondary N) is 1. The van der Waals surface area contributed by atoms with Crippen molar-refractivity contribution in [2.75, 3.05) is 5.32 Å². The fourth-order valence-electron chi connectivity index (χ4n) is 1.22. The van der Waals surface area contributed by atoms with E-state index in [4.69, 9.17) is 5.73 Å². The molecule has 1 aromatic carbocycles. The van der Waals surface area contributed by atoms with Crippen LogP contribution in [-0.2, 0) is 4.79 Å². The largest absolute Gasteiger partial charge is 0.435 e. The molecule has 0 aliphatic carbocycles. The summed E-state index contributed by atoms with van der Waals surface area (Å²) in [6.07, 6.45) is 0. The highest BCUT2D eigenvalue weighted by atomic mass is 19.3. The Hall–Kier alpha value is -2.03. The Labute approximate surface area is 111 Å². The highest BCUT2D eigenvalue weighted by Gasteiger charge is 2.16. The molecule has 0 aromatic heterocycles. The van der Waals surface area contributed by atoms with Crippen LogP contribution < -0.4 is 20.5 Å². The lowest BCUT2D eigenvalue weighted by molar-refractivity contribution is -0.117. The van der Waals surface area contributed by atoms with E-state index in [1.54, 1.807) is 0 Å². The summed E-state index contributed by atoms with van der Waals surface area (Å²) in [5.74, 6) is -1.53. The third-order valence-corrected chi connectivity index (χ3v) is 2.07. The van der Waals surface area contributed by atoms with Crippen LogP contribution in [0.5, 0.6) is 11.5 Å². The van der Waals surface area contributed by atoms with E-state index in [9.17, 15) is 22.4 Å². The first-order valence-corrected chi connectivity index (χ1v) is 5.39. The van der Waals surface area contributed by atoms with Crippen molar-refractivity contribution in [2.24, 2.45) is 5.73 Å². The quantitative estimate of drug-likeness (QED) is 0.789. The minimum absolute atomic E-state index is 0.130. The van der Waals surface area contributed by atoms with E-state index in [2.05, 4.69) is 14.8 Å². The number of amides is 1. The highest BCUT2D eigenvalue weighted by Crippen LogP contribution is 2.31. The summed E-state index contributed by atoms with van der Waals surface area (Å²) in [7, 11) is 0. The van der Waals surface area contributed by atoms with Gasteiger partial charge in [-0.25, -0.2) is 0 Å². The molecule has 0 saturated carbocycles. The van der Waals surface area contributed by atoms with Gasteiger partial charge in [-0.05, 0) is 19.1 Å². The molecule has 3 N–H and O–H groups in total. The van der Waals surface area contributed by atoms with Crippen molar-refractivity contribution in [1.29, 1.82) is 0 Å². The Balaban J connectivity index is 3.00. The van der Waals surface area contributed by atoms with Crippen LogP contribution in [0.2, 0.25) is 0 Å². The number of benzene rings is 1. The maximum atomic E-state index is 12.2. The summed E-state index contributed by atoms with van der Waals surface area (Å²) >= 11 is 0. The summed E-state index contributed by atoms with van der Waals surface area (Å²) in [4.78, 5) is 11.4. The van der Waals surface area contributed by atoms with Gasteiger partial charge in [0.25, 0.3) is 0 Å². The number of rotatable bonds is 6. The molecule has 1 amide bonds. The van der Waals surface area contributed by atoms with Crippen LogP contribution in [-0.4, -0.2) is 25.2 Å². The molecule has 0 radical (unpaired) electrons. The second-order valence-electron chi connectivity index (χ2n) is 3.69. The second kappa shape index (κ2) is 6.94. The third-order valence-electron chi connectivity index (χ3n) is 2.07. The van der Waals surface area contributed by atoms with E-state index in [-0.39, 0.29) is 11.4 Å². The first-order chi connectivity index (χ1) is 9.29. The predicted molar refractivity (Wildman–Crippen MR) is 62.0 cm³/mol. The number of halogens is 4. The van der Waals surface area contributed by atoms with Gasteiger partial charge in [-0.15, -0.1) is 0 Å². The fourth-order valence-corrected chi connectivity index (χ4v) is 1.22. The van der Waals surface area contributed by atoms with Crippen LogP contribution in [0.15, 0.2) is 18.2 Å². The lowest BCUT2D eigenvalue weighted by Gasteiger charge is -2.14. The van der Waals surface area contributed by atoms with E-state index in [0.717, 1.165) is 18.2 Å². The van der Waals surface area contributed by atoms with Crippen LogP contribution in [0.4, 0.5) is 23.2 Å². The molecule has 5 nitrogen and oxygen atoms in total. The lowest BCUT2D eigenvalue weighted by Crippen LogP contribution is -2.32. The average molecular weight is 296 g/mol. The third kappa shape index (κ3) is 4.92. The van der Waals surface area contributed by atoms with Gasteiger partial charge in [-0.2, -0.15) is 17.6 Å². The van der Waals surface area contributed by atoms with Crippen LogP contribution in [0.1, 0.15) is 6.92 Å². The second-order valence-corrected chi connectivity index (χ2v) is 3.69. The summed E-state index contributed by atoms with van der Waals surface area (Å²) in [5, 5.41) is 2.23. The number of hydrogen-bond donors (Lipinski definition) is 2. The predicted octanol–water partition coefficient (Wildman–Crippen LogP) is 2.18. The number of hydrogen-bond acceptors (Lipinski definition) is 4. The molecular formula is C11H12F4N2O3. The molecule has 112 valence electrons. The molecule has 0 fully saturated rings. The molecule has 0 spiro atoms. The number of carbonyl (C=O) groups excluding carboxylic acids is 1. The van der Waals surface area contributed by atoms with E-state index >= 15 is 0 Å². The summed E-state index contributed by atoms with van der Waals surface area (Å²) in [6.45, 7) is -4.92. The van der Waals surface area contributed by atoms with E-state index in [0.29, 0.717) is 0 Å². The summed E-state index contributed by atoms with van der Waals surface area (Å²) in [6, 6.07) is 2.10. The molecule has 0 saturated heterocycles. The molecule has 0 heterocycles. The van der Waals surface area contributed by atoms with Crippen molar-refractivity contribution in [3.05, 3.63) is 18.2 Å². The Morgan fingerprint density at radius 2 is 1.80 bits per heavy atom. The van der Waals surface area contributed by atoms with Crippen molar-refractivity contribution < 1.29 is 31.8 Å². The van der Waals surface area contributed by atoms with Gasteiger partial charge in [-0.3, -0.25) is 4.79 Å². The maximum absolute atomic E-state index is 12.2. The standard InChI is InChI=1S/C11H12F4N2O3/c1-5(16)9(18)17-7-3-2-6(19-10(12)13)4-8(7)20-11(14)15/h2-5,10-11H,16H2,1H3,(H,17,18)/t5-/m0/s1. The molecule has 0 bridgehead atoms. The number of anilines is 1. The van der Waals surface area contributed by atoms with Gasteiger partial charge in [0.15, 0.2) is 5.75 Å². The van der Waals surface area contributed by atoms with Gasteiger partial charge in [0, 0.05) is 6.07 Å². The van der Waals surface area contributed by atoms with Crippen LogP contribution in [0, 0.1) is 0 Å². The Bertz CT molecular complexity index is 469. The monoisotopic (exact) mass is 296 g/mol. The topological polar surface area (TPSA) is 73.6 Å². The van der Waals surface area contributed by atoms with Crippen LogP contribution in [0.25, 0.3) is 0 Å². The molecule has 1 atom stereocenters. The lowest BCUT2D eigenvalue weighted by atomic mass is 10.2. The SMILES string of the molecule is C[C@H](N)C(=O)Nc1ccc(OC(F)F)cc1OC(F)F. The van der Waals surface area contributed by atoms with Crippen molar-refractivity contribution in [3.8, 4) is 11.5 Å². The minimum Gasteiger partial charge on any atom is -0.435 e. The summed E-state index contributed by atoms with van der Waals surface area (Å²) in [5.41, 5.74) is 5.18. The number of alkyl halides is 4. The van der Waals surface area contributed by atoms with Crippen molar-refractivity contribution >= 4 is 11.6 Å². The summed E-state index contributed by atoms with van der Waals surface area (Å²) < 4.78 is 56.7. The Morgan fingerprint density at radius 1 is 1.20 bits per heavy atom. The Morgan fingerprint density at radius 3 is 2.30 bits per heavy atom. The van der Waals surface area contributed by atoms with E-state index in [1.807, 2.05) is 0 Å². The van der Waals surface area contributed by atoms with Crippen LogP contribution >= 0.6 is 0 Å². The van der Waals surface area contributed by atoms with Gasteiger partial charge in [0.1, 0.15) is 5.75 Å². The zero-order valence-corrected chi connectivity index (χ0v) is 10.3. The van der Waals surface area contributed by atoms with Gasteiger partial charge < -0.3 is 20.5 Å². The molecule has 0 unspecified atom stereocenters. The maximum Gasteiger partial charge on any atom is 0.387 e. The van der Waals surface area contributed by atoms with Crippen LogP contribution in [0.3, 0.4) is 0 Å².